The van der Waals surface area contributed by atoms with Crippen LogP contribution in [0.15, 0.2) is 0 Å². The Morgan fingerprint density at radius 3 is 2.47 bits per heavy atom. The summed E-state index contributed by atoms with van der Waals surface area (Å²) in [5, 5.41) is 8.04. The topological polar surface area (TPSA) is 60.2 Å². The van der Waals surface area contributed by atoms with Gasteiger partial charge in [0.25, 0.3) is 0 Å². The van der Waals surface area contributed by atoms with Crippen molar-refractivity contribution in [1.29, 1.82) is 0 Å². The second-order valence-corrected chi connectivity index (χ2v) is 4.72. The van der Waals surface area contributed by atoms with Crippen molar-refractivity contribution in [3.05, 3.63) is 11.4 Å². The van der Waals surface area contributed by atoms with E-state index < -0.39 is 5.97 Å². The van der Waals surface area contributed by atoms with Gasteiger partial charge in [0.1, 0.15) is 0 Å². The predicted molar refractivity (Wildman–Crippen MR) is 73.2 cm³/mol. The van der Waals surface area contributed by atoms with E-state index in [-0.39, 0.29) is 5.92 Å². The van der Waals surface area contributed by atoms with Crippen molar-refractivity contribution in [1.82, 2.24) is 19.9 Å². The Labute approximate surface area is 114 Å². The highest BCUT2D eigenvalue weighted by atomic mass is 16.5. The van der Waals surface area contributed by atoms with Crippen molar-refractivity contribution in [3.8, 4) is 0 Å². The zero-order valence-corrected chi connectivity index (χ0v) is 12.5. The van der Waals surface area contributed by atoms with Gasteiger partial charge in [0, 0.05) is 6.54 Å². The van der Waals surface area contributed by atoms with Gasteiger partial charge in [-0.25, -0.2) is 9.48 Å². The summed E-state index contributed by atoms with van der Waals surface area (Å²) in [5.41, 5.74) is 1.18. The highest BCUT2D eigenvalue weighted by molar-refractivity contribution is 5.88. The fourth-order valence-electron chi connectivity index (χ4n) is 2.08. The van der Waals surface area contributed by atoms with E-state index in [1.807, 2.05) is 18.5 Å². The molecular formula is C13H24N4O2. The van der Waals surface area contributed by atoms with E-state index in [0.717, 1.165) is 31.9 Å². The van der Waals surface area contributed by atoms with Crippen LogP contribution in [0, 0.1) is 0 Å². The number of methoxy groups -OCH3 is 1. The van der Waals surface area contributed by atoms with E-state index in [4.69, 9.17) is 4.74 Å². The van der Waals surface area contributed by atoms with Crippen LogP contribution < -0.4 is 0 Å². The monoisotopic (exact) mass is 268 g/mol. The number of esters is 1. The summed E-state index contributed by atoms with van der Waals surface area (Å²) in [7, 11) is 1.36. The van der Waals surface area contributed by atoms with Gasteiger partial charge in [-0.2, -0.15) is 0 Å². The van der Waals surface area contributed by atoms with Crippen LogP contribution in [0.5, 0.6) is 0 Å². The number of hydrogen-bond donors (Lipinski definition) is 0. The molecule has 0 atom stereocenters. The van der Waals surface area contributed by atoms with Crippen LogP contribution >= 0.6 is 0 Å². The smallest absolute Gasteiger partial charge is 0.360 e. The third-order valence-corrected chi connectivity index (χ3v) is 3.22. The Balaban J connectivity index is 2.89. The van der Waals surface area contributed by atoms with Gasteiger partial charge in [0.15, 0.2) is 5.69 Å². The van der Waals surface area contributed by atoms with Crippen molar-refractivity contribution in [2.24, 2.45) is 0 Å². The molecule has 1 rings (SSSR count). The van der Waals surface area contributed by atoms with E-state index in [2.05, 4.69) is 29.1 Å². The van der Waals surface area contributed by atoms with Crippen LogP contribution in [0.4, 0.5) is 0 Å². The van der Waals surface area contributed by atoms with Gasteiger partial charge >= 0.3 is 5.97 Å². The standard InChI is InChI=1S/C13H24N4O2/c1-6-16(7-2)8-9-17-12(10(3)4)11(14-15-17)13(18)19-5/h10H,6-9H2,1-5H3. The number of ether oxygens (including phenoxy) is 1. The third kappa shape index (κ3) is 3.76. The predicted octanol–water partition coefficient (Wildman–Crippen LogP) is 1.53. The molecule has 6 heteroatoms. The molecule has 0 aliphatic heterocycles. The lowest BCUT2D eigenvalue weighted by Crippen LogP contribution is -2.28. The van der Waals surface area contributed by atoms with Gasteiger partial charge in [-0.3, -0.25) is 0 Å². The molecule has 6 nitrogen and oxygen atoms in total. The highest BCUT2D eigenvalue weighted by Gasteiger charge is 2.22. The fraction of sp³-hybridized carbons (Fsp3) is 0.769. The molecule has 0 aliphatic rings. The van der Waals surface area contributed by atoms with Gasteiger partial charge in [0.05, 0.1) is 19.3 Å². The fourth-order valence-corrected chi connectivity index (χ4v) is 2.08. The minimum atomic E-state index is -0.419. The molecule has 1 aromatic heterocycles. The number of nitrogens with zero attached hydrogens (tertiary/aromatic N) is 4. The van der Waals surface area contributed by atoms with Gasteiger partial charge in [0.2, 0.25) is 0 Å². The minimum Gasteiger partial charge on any atom is -0.464 e. The molecule has 0 fully saturated rings. The van der Waals surface area contributed by atoms with Crippen LogP contribution in [-0.2, 0) is 11.3 Å². The second-order valence-electron chi connectivity index (χ2n) is 4.72. The number of hydrogen-bond acceptors (Lipinski definition) is 5. The maximum absolute atomic E-state index is 11.7. The van der Waals surface area contributed by atoms with Crippen molar-refractivity contribution in [2.75, 3.05) is 26.7 Å². The second kappa shape index (κ2) is 7.23. The zero-order chi connectivity index (χ0) is 14.4. The first-order valence-electron chi connectivity index (χ1n) is 6.79. The van der Waals surface area contributed by atoms with Gasteiger partial charge < -0.3 is 9.64 Å². The molecule has 0 amide bonds. The van der Waals surface area contributed by atoms with Crippen molar-refractivity contribution in [2.45, 2.75) is 40.2 Å². The maximum atomic E-state index is 11.7. The number of carbonyl (C=O) groups excluding carboxylic acids is 1. The van der Waals surface area contributed by atoms with Gasteiger partial charge in [-0.1, -0.05) is 32.9 Å². The Kier molecular flexibility index (Phi) is 5.95. The minimum absolute atomic E-state index is 0.181. The average molecular weight is 268 g/mol. The third-order valence-electron chi connectivity index (χ3n) is 3.22. The molecule has 0 aromatic carbocycles. The lowest BCUT2D eigenvalue weighted by atomic mass is 10.1. The number of aromatic nitrogens is 3. The van der Waals surface area contributed by atoms with Crippen LogP contribution in [0.1, 0.15) is 49.8 Å². The Hall–Kier alpha value is -1.43. The maximum Gasteiger partial charge on any atom is 0.360 e. The quantitative estimate of drug-likeness (QED) is 0.702. The van der Waals surface area contributed by atoms with E-state index >= 15 is 0 Å². The normalized spacial score (nSPS) is 11.3. The first-order valence-corrected chi connectivity index (χ1v) is 6.79. The lowest BCUT2D eigenvalue weighted by Gasteiger charge is -2.18. The molecular weight excluding hydrogens is 244 g/mol. The number of likely N-dealkylation sites (N-methyl/N-ethyl adjacent to an activating group) is 1. The largest absolute Gasteiger partial charge is 0.464 e. The summed E-state index contributed by atoms with van der Waals surface area (Å²) in [6.45, 7) is 12.0. The summed E-state index contributed by atoms with van der Waals surface area (Å²) in [5.74, 6) is -0.237. The Bertz CT molecular complexity index is 411. The summed E-state index contributed by atoms with van der Waals surface area (Å²) in [4.78, 5) is 14.0. The first-order chi connectivity index (χ1) is 9.04. The molecule has 1 aromatic rings. The van der Waals surface area contributed by atoms with Gasteiger partial charge in [-0.15, -0.1) is 5.10 Å². The van der Waals surface area contributed by atoms with E-state index in [1.54, 1.807) is 0 Å². The number of rotatable bonds is 7. The van der Waals surface area contributed by atoms with Gasteiger partial charge in [-0.05, 0) is 19.0 Å². The molecule has 0 unspecified atom stereocenters. The van der Waals surface area contributed by atoms with Crippen molar-refractivity contribution in [3.63, 3.8) is 0 Å². The summed E-state index contributed by atoms with van der Waals surface area (Å²) < 4.78 is 6.56. The molecule has 19 heavy (non-hydrogen) atoms. The summed E-state index contributed by atoms with van der Waals surface area (Å²) in [6, 6.07) is 0. The molecule has 108 valence electrons. The zero-order valence-electron chi connectivity index (χ0n) is 12.5. The van der Waals surface area contributed by atoms with E-state index in [0.29, 0.717) is 5.69 Å². The molecule has 0 aliphatic carbocycles. The van der Waals surface area contributed by atoms with E-state index in [9.17, 15) is 4.79 Å². The van der Waals surface area contributed by atoms with Crippen LogP contribution in [-0.4, -0.2) is 52.6 Å². The summed E-state index contributed by atoms with van der Waals surface area (Å²) >= 11 is 0. The number of carbonyl (C=O) groups is 1. The molecule has 1 heterocycles. The lowest BCUT2D eigenvalue weighted by molar-refractivity contribution is 0.0592. The van der Waals surface area contributed by atoms with E-state index in [1.165, 1.54) is 7.11 Å². The summed E-state index contributed by atoms with van der Waals surface area (Å²) in [6.07, 6.45) is 0. The van der Waals surface area contributed by atoms with Crippen LogP contribution in [0.25, 0.3) is 0 Å². The Morgan fingerprint density at radius 1 is 1.37 bits per heavy atom. The SMILES string of the molecule is CCN(CC)CCn1nnc(C(=O)OC)c1C(C)C. The highest BCUT2D eigenvalue weighted by Crippen LogP contribution is 2.18. The molecule has 0 radical (unpaired) electrons. The Morgan fingerprint density at radius 2 is 2.00 bits per heavy atom. The van der Waals surface area contributed by atoms with Crippen molar-refractivity contribution < 1.29 is 9.53 Å². The molecule has 0 spiro atoms. The molecule has 0 bridgehead atoms. The first kappa shape index (κ1) is 15.6. The molecule has 0 saturated heterocycles. The molecule has 0 N–H and O–H groups in total. The van der Waals surface area contributed by atoms with Crippen LogP contribution in [0.2, 0.25) is 0 Å². The average Bonchev–Trinajstić information content (AvgIpc) is 2.83. The van der Waals surface area contributed by atoms with Crippen LogP contribution in [0.3, 0.4) is 0 Å². The molecule has 0 saturated carbocycles. The van der Waals surface area contributed by atoms with Crippen molar-refractivity contribution >= 4 is 5.97 Å².